The maximum Gasteiger partial charge on any atom is 0.206 e. The van der Waals surface area contributed by atoms with Gasteiger partial charge in [0, 0.05) is 29.9 Å². The van der Waals surface area contributed by atoms with E-state index in [1.165, 1.54) is 4.88 Å². The molecule has 3 aromatic heterocycles. The molecule has 3 aromatic rings. The lowest BCUT2D eigenvalue weighted by Crippen LogP contribution is -2.14. The number of rotatable bonds is 4. The number of pyridine rings is 1. The van der Waals surface area contributed by atoms with Gasteiger partial charge in [0.15, 0.2) is 0 Å². The van der Waals surface area contributed by atoms with Gasteiger partial charge in [0.1, 0.15) is 0 Å². The van der Waals surface area contributed by atoms with Gasteiger partial charge in [-0.25, -0.2) is 4.68 Å². The molecule has 112 valence electrons. The zero-order valence-electron chi connectivity index (χ0n) is 12.4. The lowest BCUT2D eigenvalue weighted by atomic mass is 10.2. The Morgan fingerprint density at radius 3 is 2.86 bits per heavy atom. The highest BCUT2D eigenvalue weighted by Crippen LogP contribution is 2.25. The van der Waals surface area contributed by atoms with Crippen LogP contribution in [0.1, 0.15) is 19.4 Å². The Balaban J connectivity index is 2.13. The molecule has 4 nitrogen and oxygen atoms in total. The van der Waals surface area contributed by atoms with Crippen LogP contribution in [-0.2, 0) is 0 Å². The van der Waals surface area contributed by atoms with Crippen LogP contribution in [0.25, 0.3) is 10.6 Å². The Bertz CT molecular complexity index is 827. The van der Waals surface area contributed by atoms with Gasteiger partial charge in [0.2, 0.25) is 4.80 Å². The Labute approximate surface area is 137 Å². The summed E-state index contributed by atoms with van der Waals surface area (Å²) in [6.45, 7) is 4.77. The molecule has 0 unspecified atom stereocenters. The van der Waals surface area contributed by atoms with Crippen LogP contribution in [0, 0.1) is 0 Å². The van der Waals surface area contributed by atoms with Gasteiger partial charge in [-0.2, -0.15) is 5.10 Å². The molecule has 0 N–H and O–H groups in total. The number of thiophene rings is 1. The molecular formula is C16H16N4S2. The number of hydrogen-bond acceptors (Lipinski definition) is 5. The predicted octanol–water partition coefficient (Wildman–Crippen LogP) is 3.87. The summed E-state index contributed by atoms with van der Waals surface area (Å²) in [5, 5.41) is 8.97. The maximum absolute atomic E-state index is 4.78. The van der Waals surface area contributed by atoms with E-state index < -0.39 is 0 Å². The molecule has 3 heterocycles. The van der Waals surface area contributed by atoms with Crippen LogP contribution < -0.4 is 4.80 Å². The predicted molar refractivity (Wildman–Crippen MR) is 93.6 cm³/mol. The molecule has 0 amide bonds. The SMILES string of the molecule is CCN=c1scc(-c2cccs2)n1N=C(C)c1cccnc1. The molecule has 0 fully saturated rings. The van der Waals surface area contributed by atoms with Crippen molar-refractivity contribution in [3.8, 4) is 10.6 Å². The molecule has 0 radical (unpaired) electrons. The first-order valence-electron chi connectivity index (χ1n) is 7.00. The molecule has 0 bridgehead atoms. The highest BCUT2D eigenvalue weighted by Gasteiger charge is 2.09. The molecule has 6 heteroatoms. The lowest BCUT2D eigenvalue weighted by Gasteiger charge is -2.04. The van der Waals surface area contributed by atoms with Crippen LogP contribution >= 0.6 is 22.7 Å². The Kier molecular flexibility index (Phi) is 4.60. The minimum atomic E-state index is 0.742. The van der Waals surface area contributed by atoms with Crippen molar-refractivity contribution < 1.29 is 0 Å². The van der Waals surface area contributed by atoms with E-state index in [9.17, 15) is 0 Å². The Morgan fingerprint density at radius 1 is 1.27 bits per heavy atom. The van der Waals surface area contributed by atoms with Gasteiger partial charge < -0.3 is 0 Å². The molecule has 0 aliphatic heterocycles. The summed E-state index contributed by atoms with van der Waals surface area (Å²) in [4.78, 5) is 10.8. The Morgan fingerprint density at radius 2 is 2.18 bits per heavy atom. The minimum Gasteiger partial charge on any atom is -0.264 e. The molecule has 0 saturated heterocycles. The van der Waals surface area contributed by atoms with E-state index >= 15 is 0 Å². The molecule has 0 aromatic carbocycles. The standard InChI is InChI=1S/C16H16N4S2/c1-3-18-16-20(14(11-22-16)15-7-5-9-21-15)19-12(2)13-6-4-8-17-10-13/h4-11H,3H2,1-2H3. The first kappa shape index (κ1) is 14.9. The fourth-order valence-electron chi connectivity index (χ4n) is 2.02. The van der Waals surface area contributed by atoms with Gasteiger partial charge in [0.25, 0.3) is 0 Å². The Hall–Kier alpha value is -2.05. The third-order valence-corrected chi connectivity index (χ3v) is 4.83. The average molecular weight is 328 g/mol. The van der Waals surface area contributed by atoms with Crippen LogP contribution in [-0.4, -0.2) is 21.9 Å². The lowest BCUT2D eigenvalue weighted by molar-refractivity contribution is 0.829. The van der Waals surface area contributed by atoms with Crippen LogP contribution in [0.3, 0.4) is 0 Å². The highest BCUT2D eigenvalue weighted by atomic mass is 32.1. The number of thiazole rings is 1. The van der Waals surface area contributed by atoms with Crippen LogP contribution in [0.4, 0.5) is 0 Å². The molecule has 0 spiro atoms. The fraction of sp³-hybridized carbons (Fsp3) is 0.188. The zero-order valence-corrected chi connectivity index (χ0v) is 14.1. The molecular weight excluding hydrogens is 312 g/mol. The van der Waals surface area contributed by atoms with Crippen molar-refractivity contribution in [3.05, 3.63) is 57.8 Å². The molecule has 0 saturated carbocycles. The molecule has 0 atom stereocenters. The van der Waals surface area contributed by atoms with Gasteiger partial charge in [-0.05, 0) is 31.4 Å². The topological polar surface area (TPSA) is 42.5 Å². The van der Waals surface area contributed by atoms with E-state index in [2.05, 4.69) is 32.9 Å². The fourth-order valence-corrected chi connectivity index (χ4v) is 3.71. The second-order valence-electron chi connectivity index (χ2n) is 4.59. The number of aromatic nitrogens is 2. The normalized spacial score (nSPS) is 12.8. The minimum absolute atomic E-state index is 0.742. The van der Waals surface area contributed by atoms with Gasteiger partial charge in [-0.3, -0.25) is 9.98 Å². The summed E-state index contributed by atoms with van der Waals surface area (Å²) in [7, 11) is 0. The first-order valence-corrected chi connectivity index (χ1v) is 8.76. The summed E-state index contributed by atoms with van der Waals surface area (Å²) >= 11 is 3.32. The van der Waals surface area contributed by atoms with E-state index in [4.69, 9.17) is 5.10 Å². The van der Waals surface area contributed by atoms with E-state index in [1.54, 1.807) is 28.9 Å². The average Bonchev–Trinajstić information content (AvgIpc) is 3.19. The summed E-state index contributed by atoms with van der Waals surface area (Å²) in [6, 6.07) is 8.09. The first-order chi connectivity index (χ1) is 10.8. The van der Waals surface area contributed by atoms with Crippen molar-refractivity contribution in [2.45, 2.75) is 13.8 Å². The monoisotopic (exact) mass is 328 g/mol. The van der Waals surface area contributed by atoms with Crippen molar-refractivity contribution in [3.63, 3.8) is 0 Å². The molecule has 0 aliphatic rings. The zero-order chi connectivity index (χ0) is 15.4. The summed E-state index contributed by atoms with van der Waals surface area (Å²) < 4.78 is 1.93. The van der Waals surface area contributed by atoms with Crippen LogP contribution in [0.2, 0.25) is 0 Å². The maximum atomic E-state index is 4.78. The van der Waals surface area contributed by atoms with Gasteiger partial charge in [-0.1, -0.05) is 12.1 Å². The largest absolute Gasteiger partial charge is 0.264 e. The second kappa shape index (κ2) is 6.81. The number of nitrogens with zero attached hydrogens (tertiary/aromatic N) is 4. The van der Waals surface area contributed by atoms with Crippen molar-refractivity contribution >= 4 is 28.4 Å². The summed E-state index contributed by atoms with van der Waals surface area (Å²) in [6.07, 6.45) is 3.59. The van der Waals surface area contributed by atoms with E-state index in [-0.39, 0.29) is 0 Å². The van der Waals surface area contributed by atoms with Crippen LogP contribution in [0.15, 0.2) is 57.5 Å². The second-order valence-corrected chi connectivity index (χ2v) is 6.38. The van der Waals surface area contributed by atoms with Crippen molar-refractivity contribution in [2.24, 2.45) is 10.1 Å². The van der Waals surface area contributed by atoms with E-state index in [0.29, 0.717) is 0 Å². The van der Waals surface area contributed by atoms with E-state index in [0.717, 1.165) is 28.3 Å². The van der Waals surface area contributed by atoms with Gasteiger partial charge in [0.05, 0.1) is 16.3 Å². The summed E-state index contributed by atoms with van der Waals surface area (Å²) in [5.74, 6) is 0. The van der Waals surface area contributed by atoms with Crippen molar-refractivity contribution in [1.82, 2.24) is 9.66 Å². The molecule has 0 aliphatic carbocycles. The van der Waals surface area contributed by atoms with Crippen molar-refractivity contribution in [2.75, 3.05) is 6.54 Å². The summed E-state index contributed by atoms with van der Waals surface area (Å²) in [5.41, 5.74) is 3.01. The molecule has 22 heavy (non-hydrogen) atoms. The smallest absolute Gasteiger partial charge is 0.206 e. The highest BCUT2D eigenvalue weighted by molar-refractivity contribution is 7.14. The van der Waals surface area contributed by atoms with E-state index in [1.807, 2.05) is 36.9 Å². The third kappa shape index (κ3) is 3.08. The molecule has 3 rings (SSSR count). The quantitative estimate of drug-likeness (QED) is 0.670. The van der Waals surface area contributed by atoms with Gasteiger partial charge >= 0.3 is 0 Å². The van der Waals surface area contributed by atoms with Crippen LogP contribution in [0.5, 0.6) is 0 Å². The third-order valence-electron chi connectivity index (χ3n) is 3.08. The van der Waals surface area contributed by atoms with Crippen molar-refractivity contribution in [1.29, 1.82) is 0 Å². The van der Waals surface area contributed by atoms with Gasteiger partial charge in [-0.15, -0.1) is 22.7 Å². The number of hydrogen-bond donors (Lipinski definition) is 0.